The Kier molecular flexibility index (Phi) is 3.44. The Hall–Kier alpha value is -2.25. The molecule has 0 radical (unpaired) electrons. The van der Waals surface area contributed by atoms with Gasteiger partial charge in [-0.25, -0.2) is 10.8 Å². The molecule has 1 aromatic heterocycles. The Morgan fingerprint density at radius 2 is 2.20 bits per heavy atom. The SMILES string of the molecule is NNc1ncc(Cl)c(OCc2ccc3c(c2)OCO3)n1. The van der Waals surface area contributed by atoms with Gasteiger partial charge in [0.15, 0.2) is 11.5 Å². The minimum atomic E-state index is 0.232. The number of nitrogen functional groups attached to an aromatic ring is 1. The van der Waals surface area contributed by atoms with E-state index in [0.717, 1.165) is 11.3 Å². The van der Waals surface area contributed by atoms with Gasteiger partial charge in [-0.15, -0.1) is 0 Å². The van der Waals surface area contributed by atoms with Crippen LogP contribution >= 0.6 is 11.6 Å². The van der Waals surface area contributed by atoms with Crippen molar-refractivity contribution in [3.05, 3.63) is 35.0 Å². The first-order valence-electron chi connectivity index (χ1n) is 5.77. The number of anilines is 1. The second kappa shape index (κ2) is 5.40. The third-order valence-corrected chi connectivity index (χ3v) is 2.91. The molecular formula is C12H11ClN4O3. The van der Waals surface area contributed by atoms with Gasteiger partial charge in [-0.2, -0.15) is 4.98 Å². The summed E-state index contributed by atoms with van der Waals surface area (Å²) in [4.78, 5) is 7.88. The van der Waals surface area contributed by atoms with Crippen molar-refractivity contribution in [1.82, 2.24) is 9.97 Å². The summed E-state index contributed by atoms with van der Waals surface area (Å²) in [6, 6.07) is 5.56. The zero-order valence-corrected chi connectivity index (χ0v) is 11.1. The van der Waals surface area contributed by atoms with Crippen LogP contribution in [-0.4, -0.2) is 16.8 Å². The van der Waals surface area contributed by atoms with Crippen LogP contribution in [0.1, 0.15) is 5.56 Å². The van der Waals surface area contributed by atoms with Crippen LogP contribution in [-0.2, 0) is 6.61 Å². The van der Waals surface area contributed by atoms with Crippen LogP contribution in [0.4, 0.5) is 5.95 Å². The largest absolute Gasteiger partial charge is 0.472 e. The molecule has 0 saturated heterocycles. The minimum Gasteiger partial charge on any atom is -0.472 e. The number of hydrogen-bond donors (Lipinski definition) is 2. The molecule has 0 aliphatic carbocycles. The number of aromatic nitrogens is 2. The van der Waals surface area contributed by atoms with Crippen molar-refractivity contribution < 1.29 is 14.2 Å². The predicted molar refractivity (Wildman–Crippen MR) is 71.7 cm³/mol. The van der Waals surface area contributed by atoms with E-state index in [1.54, 1.807) is 0 Å². The third-order valence-electron chi connectivity index (χ3n) is 2.65. The van der Waals surface area contributed by atoms with Gasteiger partial charge in [0, 0.05) is 0 Å². The van der Waals surface area contributed by atoms with Crippen LogP contribution in [0.5, 0.6) is 17.4 Å². The summed E-state index contributed by atoms with van der Waals surface area (Å²) in [5, 5.41) is 0.310. The number of nitrogens with zero attached hydrogens (tertiary/aromatic N) is 2. The number of nitrogens with two attached hydrogens (primary N) is 1. The monoisotopic (exact) mass is 294 g/mol. The van der Waals surface area contributed by atoms with Crippen LogP contribution in [0.2, 0.25) is 5.02 Å². The highest BCUT2D eigenvalue weighted by Crippen LogP contribution is 2.33. The van der Waals surface area contributed by atoms with Crippen molar-refractivity contribution in [2.75, 3.05) is 12.2 Å². The predicted octanol–water partition coefficient (Wildman–Crippen LogP) is 1.72. The second-order valence-electron chi connectivity index (χ2n) is 3.97. The minimum absolute atomic E-state index is 0.232. The first-order chi connectivity index (χ1) is 9.76. The maximum Gasteiger partial charge on any atom is 0.240 e. The lowest BCUT2D eigenvalue weighted by molar-refractivity contribution is 0.174. The number of halogens is 1. The molecule has 0 bridgehead atoms. The molecule has 20 heavy (non-hydrogen) atoms. The van der Waals surface area contributed by atoms with Crippen molar-refractivity contribution in [2.45, 2.75) is 6.61 Å². The molecule has 0 saturated carbocycles. The van der Waals surface area contributed by atoms with Crippen LogP contribution in [0.3, 0.4) is 0 Å². The van der Waals surface area contributed by atoms with Crippen molar-refractivity contribution in [3.8, 4) is 17.4 Å². The molecule has 104 valence electrons. The van der Waals surface area contributed by atoms with Crippen molar-refractivity contribution in [2.24, 2.45) is 5.84 Å². The summed E-state index contributed by atoms with van der Waals surface area (Å²) in [5.41, 5.74) is 3.24. The van der Waals surface area contributed by atoms with Crippen LogP contribution < -0.4 is 25.5 Å². The van der Waals surface area contributed by atoms with E-state index in [0.29, 0.717) is 10.8 Å². The van der Waals surface area contributed by atoms with Crippen molar-refractivity contribution >= 4 is 17.5 Å². The van der Waals surface area contributed by atoms with E-state index in [-0.39, 0.29) is 25.2 Å². The fourth-order valence-electron chi connectivity index (χ4n) is 1.70. The normalized spacial score (nSPS) is 12.3. The molecule has 7 nitrogen and oxygen atoms in total. The van der Waals surface area contributed by atoms with Gasteiger partial charge in [-0.3, -0.25) is 5.43 Å². The molecule has 3 rings (SSSR count). The van der Waals surface area contributed by atoms with Gasteiger partial charge in [0.1, 0.15) is 11.6 Å². The fourth-order valence-corrected chi connectivity index (χ4v) is 1.85. The average molecular weight is 295 g/mol. The number of hydrazine groups is 1. The zero-order chi connectivity index (χ0) is 13.9. The zero-order valence-electron chi connectivity index (χ0n) is 10.3. The first kappa shape index (κ1) is 12.8. The summed E-state index contributed by atoms with van der Waals surface area (Å²) < 4.78 is 16.1. The van der Waals surface area contributed by atoms with Crippen LogP contribution in [0, 0.1) is 0 Å². The molecule has 0 amide bonds. The second-order valence-corrected chi connectivity index (χ2v) is 4.37. The lowest BCUT2D eigenvalue weighted by Gasteiger charge is -2.08. The highest BCUT2D eigenvalue weighted by Gasteiger charge is 2.14. The van der Waals surface area contributed by atoms with Gasteiger partial charge < -0.3 is 14.2 Å². The molecule has 0 unspecified atom stereocenters. The molecule has 1 aliphatic rings. The lowest BCUT2D eigenvalue weighted by atomic mass is 10.2. The maximum atomic E-state index is 5.95. The number of ether oxygens (including phenoxy) is 3. The molecule has 3 N–H and O–H groups in total. The Bertz CT molecular complexity index is 638. The maximum absolute atomic E-state index is 5.95. The van der Waals surface area contributed by atoms with Crippen molar-refractivity contribution in [1.29, 1.82) is 0 Å². The Morgan fingerprint density at radius 1 is 1.35 bits per heavy atom. The summed E-state index contributed by atoms with van der Waals surface area (Å²) in [5.74, 6) is 7.15. The van der Waals surface area contributed by atoms with Gasteiger partial charge in [-0.1, -0.05) is 17.7 Å². The third kappa shape index (κ3) is 2.54. The number of benzene rings is 1. The number of rotatable bonds is 4. The van der Waals surface area contributed by atoms with E-state index in [2.05, 4.69) is 15.4 Å². The highest BCUT2D eigenvalue weighted by atomic mass is 35.5. The quantitative estimate of drug-likeness (QED) is 0.655. The summed E-state index contributed by atoms with van der Waals surface area (Å²) in [6.45, 7) is 0.528. The number of fused-ring (bicyclic) bond motifs is 1. The highest BCUT2D eigenvalue weighted by molar-refractivity contribution is 6.31. The van der Waals surface area contributed by atoms with E-state index in [1.807, 2.05) is 18.2 Å². The van der Waals surface area contributed by atoms with Gasteiger partial charge in [0.2, 0.25) is 18.6 Å². The molecule has 0 spiro atoms. The first-order valence-corrected chi connectivity index (χ1v) is 6.14. The summed E-state index contributed by atoms with van der Waals surface area (Å²) in [6.07, 6.45) is 1.42. The molecular weight excluding hydrogens is 284 g/mol. The fraction of sp³-hybridized carbons (Fsp3) is 0.167. The number of nitrogens with one attached hydrogen (secondary N) is 1. The molecule has 2 aromatic rings. The lowest BCUT2D eigenvalue weighted by Crippen LogP contribution is -2.11. The van der Waals surface area contributed by atoms with Gasteiger partial charge in [-0.05, 0) is 17.7 Å². The topological polar surface area (TPSA) is 91.5 Å². The van der Waals surface area contributed by atoms with E-state index in [4.69, 9.17) is 31.7 Å². The van der Waals surface area contributed by atoms with Crippen molar-refractivity contribution in [3.63, 3.8) is 0 Å². The van der Waals surface area contributed by atoms with E-state index in [9.17, 15) is 0 Å². The molecule has 1 aliphatic heterocycles. The van der Waals surface area contributed by atoms with E-state index >= 15 is 0 Å². The average Bonchev–Trinajstić information content (AvgIpc) is 2.94. The summed E-state index contributed by atoms with van der Waals surface area (Å²) in [7, 11) is 0. The molecule has 8 heteroatoms. The standard InChI is InChI=1S/C12H11ClN4O3/c13-8-4-15-12(17-14)16-11(8)18-5-7-1-2-9-10(3-7)20-6-19-9/h1-4H,5-6,14H2,(H,15,16,17). The Balaban J connectivity index is 1.73. The Morgan fingerprint density at radius 3 is 3.05 bits per heavy atom. The van der Waals surface area contributed by atoms with E-state index in [1.165, 1.54) is 6.20 Å². The molecule has 0 atom stereocenters. The van der Waals surface area contributed by atoms with Crippen LogP contribution in [0.25, 0.3) is 0 Å². The van der Waals surface area contributed by atoms with E-state index < -0.39 is 0 Å². The van der Waals surface area contributed by atoms with Gasteiger partial charge >= 0.3 is 0 Å². The smallest absolute Gasteiger partial charge is 0.240 e. The van der Waals surface area contributed by atoms with Gasteiger partial charge in [0.25, 0.3) is 0 Å². The molecule has 0 fully saturated rings. The summed E-state index contributed by atoms with van der Waals surface area (Å²) >= 11 is 5.95. The number of hydrogen-bond acceptors (Lipinski definition) is 7. The molecule has 1 aromatic carbocycles. The van der Waals surface area contributed by atoms with Gasteiger partial charge in [0.05, 0.1) is 6.20 Å². The van der Waals surface area contributed by atoms with Crippen LogP contribution in [0.15, 0.2) is 24.4 Å². The molecule has 2 heterocycles. The Labute approximate surface area is 119 Å².